The highest BCUT2D eigenvalue weighted by molar-refractivity contribution is 5.36. The Morgan fingerprint density at radius 2 is 1.62 bits per heavy atom. The lowest BCUT2D eigenvalue weighted by atomic mass is 9.97. The first-order valence-corrected chi connectivity index (χ1v) is 6.58. The predicted molar refractivity (Wildman–Crippen MR) is 74.8 cm³/mol. The second-order valence-corrected chi connectivity index (χ2v) is 4.55. The summed E-state index contributed by atoms with van der Waals surface area (Å²) in [7, 11) is 1.55. The fourth-order valence-electron chi connectivity index (χ4n) is 2.17. The number of hydrogen-bond acceptors (Lipinski definition) is 2. The monoisotopic (exact) mass is 295 g/mol. The van der Waals surface area contributed by atoms with E-state index in [1.807, 2.05) is 6.92 Å². The van der Waals surface area contributed by atoms with Crippen LogP contribution in [0.1, 0.15) is 24.1 Å². The lowest BCUT2D eigenvalue weighted by molar-refractivity contribution is 0.414. The first-order valence-electron chi connectivity index (χ1n) is 6.58. The molecule has 0 heterocycles. The molecule has 0 aromatic heterocycles. The van der Waals surface area contributed by atoms with Gasteiger partial charge in [-0.15, -0.1) is 0 Å². The molecule has 2 rings (SSSR count). The van der Waals surface area contributed by atoms with E-state index in [1.165, 1.54) is 0 Å². The van der Waals surface area contributed by atoms with Crippen LogP contribution in [0, 0.1) is 17.5 Å². The molecule has 0 aliphatic heterocycles. The van der Waals surface area contributed by atoms with E-state index in [4.69, 9.17) is 4.74 Å². The van der Waals surface area contributed by atoms with E-state index in [9.17, 15) is 13.2 Å². The van der Waals surface area contributed by atoms with E-state index in [2.05, 4.69) is 5.32 Å². The van der Waals surface area contributed by atoms with Gasteiger partial charge in [0.25, 0.3) is 0 Å². The highest BCUT2D eigenvalue weighted by Crippen LogP contribution is 2.27. The average Bonchev–Trinajstić information content (AvgIpc) is 2.49. The standard InChI is InChI=1S/C16H16F3NO/c1-3-20-16(10-4-6-11(21-2)7-5-10)12-8-14(18)15(19)9-13(12)17/h4-9,16,20H,3H2,1-2H3. The van der Waals surface area contributed by atoms with Gasteiger partial charge in [-0.1, -0.05) is 19.1 Å². The minimum atomic E-state index is -1.19. The van der Waals surface area contributed by atoms with Crippen LogP contribution in [-0.4, -0.2) is 13.7 Å². The molecule has 0 bridgehead atoms. The Labute approximate surface area is 121 Å². The smallest absolute Gasteiger partial charge is 0.161 e. The zero-order valence-electron chi connectivity index (χ0n) is 11.8. The second-order valence-electron chi connectivity index (χ2n) is 4.55. The number of nitrogens with one attached hydrogen (secondary N) is 1. The fraction of sp³-hybridized carbons (Fsp3) is 0.250. The highest BCUT2D eigenvalue weighted by atomic mass is 19.2. The van der Waals surface area contributed by atoms with Gasteiger partial charge >= 0.3 is 0 Å². The molecule has 0 saturated carbocycles. The van der Waals surface area contributed by atoms with Crippen LogP contribution < -0.4 is 10.1 Å². The van der Waals surface area contributed by atoms with E-state index < -0.39 is 23.5 Å². The number of halogens is 3. The largest absolute Gasteiger partial charge is 0.497 e. The van der Waals surface area contributed by atoms with E-state index >= 15 is 0 Å². The van der Waals surface area contributed by atoms with Crippen LogP contribution in [0.2, 0.25) is 0 Å². The number of benzene rings is 2. The molecule has 0 fully saturated rings. The molecule has 0 spiro atoms. The van der Waals surface area contributed by atoms with Crippen molar-refractivity contribution in [2.45, 2.75) is 13.0 Å². The minimum absolute atomic E-state index is 0.0703. The van der Waals surface area contributed by atoms with Crippen molar-refractivity contribution in [1.29, 1.82) is 0 Å². The quantitative estimate of drug-likeness (QED) is 0.847. The first kappa shape index (κ1) is 15.4. The molecule has 1 atom stereocenters. The molecular formula is C16H16F3NO. The third-order valence-electron chi connectivity index (χ3n) is 3.21. The summed E-state index contributed by atoms with van der Waals surface area (Å²) in [5.41, 5.74) is 0.809. The van der Waals surface area contributed by atoms with Gasteiger partial charge in [-0.2, -0.15) is 0 Å². The molecule has 112 valence electrons. The van der Waals surface area contributed by atoms with Crippen LogP contribution >= 0.6 is 0 Å². The number of hydrogen-bond donors (Lipinski definition) is 1. The van der Waals surface area contributed by atoms with Gasteiger partial charge in [0, 0.05) is 11.6 Å². The molecule has 2 aromatic rings. The summed E-state index contributed by atoms with van der Waals surface area (Å²) in [5.74, 6) is -2.38. The van der Waals surface area contributed by atoms with Gasteiger partial charge < -0.3 is 10.1 Å². The Bertz CT molecular complexity index is 614. The minimum Gasteiger partial charge on any atom is -0.497 e. The molecule has 1 unspecified atom stereocenters. The Morgan fingerprint density at radius 1 is 1.00 bits per heavy atom. The molecule has 0 aliphatic rings. The van der Waals surface area contributed by atoms with E-state index in [1.54, 1.807) is 31.4 Å². The SMILES string of the molecule is CCNC(c1ccc(OC)cc1)c1cc(F)c(F)cc1F. The first-order chi connectivity index (χ1) is 10.1. The van der Waals surface area contributed by atoms with Crippen molar-refractivity contribution in [1.82, 2.24) is 5.32 Å². The summed E-state index contributed by atoms with van der Waals surface area (Å²) < 4.78 is 45.5. The Balaban J connectivity index is 2.44. The van der Waals surface area contributed by atoms with Crippen molar-refractivity contribution in [2.75, 3.05) is 13.7 Å². The second kappa shape index (κ2) is 6.63. The van der Waals surface area contributed by atoms with Gasteiger partial charge in [0.2, 0.25) is 0 Å². The van der Waals surface area contributed by atoms with Gasteiger partial charge in [0.15, 0.2) is 11.6 Å². The maximum absolute atomic E-state index is 14.0. The third-order valence-corrected chi connectivity index (χ3v) is 3.21. The maximum atomic E-state index is 14.0. The molecule has 2 aromatic carbocycles. The van der Waals surface area contributed by atoms with Crippen molar-refractivity contribution >= 4 is 0 Å². The van der Waals surface area contributed by atoms with Crippen LogP contribution in [0.5, 0.6) is 5.75 Å². The van der Waals surface area contributed by atoms with Crippen molar-refractivity contribution in [3.05, 3.63) is 65.0 Å². The normalized spacial score (nSPS) is 12.2. The van der Waals surface area contributed by atoms with E-state index in [0.717, 1.165) is 11.6 Å². The Morgan fingerprint density at radius 3 is 2.19 bits per heavy atom. The summed E-state index contributed by atoms with van der Waals surface area (Å²) in [6, 6.07) is 7.88. The number of ether oxygens (including phenoxy) is 1. The van der Waals surface area contributed by atoms with Crippen molar-refractivity contribution in [2.24, 2.45) is 0 Å². The van der Waals surface area contributed by atoms with Gasteiger partial charge in [-0.05, 0) is 30.3 Å². The summed E-state index contributed by atoms with van der Waals surface area (Å²) in [4.78, 5) is 0. The summed E-state index contributed by atoms with van der Waals surface area (Å²) in [6.45, 7) is 2.41. The molecule has 5 heteroatoms. The van der Waals surface area contributed by atoms with E-state index in [0.29, 0.717) is 18.4 Å². The number of rotatable bonds is 5. The molecule has 2 nitrogen and oxygen atoms in total. The lowest BCUT2D eigenvalue weighted by Gasteiger charge is -2.20. The summed E-state index contributed by atoms with van der Waals surface area (Å²) >= 11 is 0. The molecule has 0 aliphatic carbocycles. The van der Waals surface area contributed by atoms with Gasteiger partial charge in [0.1, 0.15) is 11.6 Å². The van der Waals surface area contributed by atoms with Gasteiger partial charge in [0.05, 0.1) is 13.2 Å². The zero-order valence-corrected chi connectivity index (χ0v) is 11.8. The van der Waals surface area contributed by atoms with Crippen LogP contribution in [-0.2, 0) is 0 Å². The maximum Gasteiger partial charge on any atom is 0.161 e. The molecule has 0 amide bonds. The van der Waals surface area contributed by atoms with Gasteiger partial charge in [-0.25, -0.2) is 13.2 Å². The van der Waals surface area contributed by atoms with Crippen LogP contribution in [0.25, 0.3) is 0 Å². The van der Waals surface area contributed by atoms with Crippen LogP contribution in [0.4, 0.5) is 13.2 Å². The molecular weight excluding hydrogens is 279 g/mol. The predicted octanol–water partition coefficient (Wildman–Crippen LogP) is 3.81. The number of methoxy groups -OCH3 is 1. The average molecular weight is 295 g/mol. The lowest BCUT2D eigenvalue weighted by Crippen LogP contribution is -2.23. The summed E-state index contributed by atoms with van der Waals surface area (Å²) in [6.07, 6.45) is 0. The van der Waals surface area contributed by atoms with Crippen molar-refractivity contribution < 1.29 is 17.9 Å². The molecule has 21 heavy (non-hydrogen) atoms. The Kier molecular flexibility index (Phi) is 4.85. The van der Waals surface area contributed by atoms with Crippen LogP contribution in [0.3, 0.4) is 0 Å². The topological polar surface area (TPSA) is 21.3 Å². The van der Waals surface area contributed by atoms with Crippen molar-refractivity contribution in [3.63, 3.8) is 0 Å². The highest BCUT2D eigenvalue weighted by Gasteiger charge is 2.20. The van der Waals surface area contributed by atoms with Crippen LogP contribution in [0.15, 0.2) is 36.4 Å². The molecule has 1 N–H and O–H groups in total. The molecule has 0 radical (unpaired) electrons. The van der Waals surface area contributed by atoms with Crippen molar-refractivity contribution in [3.8, 4) is 5.75 Å². The fourth-order valence-corrected chi connectivity index (χ4v) is 2.17. The Hall–Kier alpha value is -2.01. The molecule has 0 saturated heterocycles. The third kappa shape index (κ3) is 3.36. The van der Waals surface area contributed by atoms with E-state index in [-0.39, 0.29) is 5.56 Å². The summed E-state index contributed by atoms with van der Waals surface area (Å²) in [5, 5.41) is 3.07. The zero-order chi connectivity index (χ0) is 15.4. The van der Waals surface area contributed by atoms with Gasteiger partial charge in [-0.3, -0.25) is 0 Å².